The van der Waals surface area contributed by atoms with Crippen molar-refractivity contribution in [2.45, 2.75) is 51.4 Å². The van der Waals surface area contributed by atoms with Crippen molar-refractivity contribution in [1.29, 1.82) is 0 Å². The molecule has 0 saturated heterocycles. The molecule has 0 unspecified atom stereocenters. The van der Waals surface area contributed by atoms with Crippen molar-refractivity contribution >= 4 is 0 Å². The van der Waals surface area contributed by atoms with Gasteiger partial charge in [-0.05, 0) is 63.5 Å². The van der Waals surface area contributed by atoms with Gasteiger partial charge in [-0.2, -0.15) is 0 Å². The van der Waals surface area contributed by atoms with Crippen molar-refractivity contribution in [2.24, 2.45) is 0 Å². The van der Waals surface area contributed by atoms with Crippen molar-refractivity contribution < 1.29 is 0 Å². The zero-order valence-corrected chi connectivity index (χ0v) is 10.6. The van der Waals surface area contributed by atoms with Crippen LogP contribution in [0.1, 0.15) is 51.4 Å². The highest BCUT2D eigenvalue weighted by Crippen LogP contribution is 2.16. The third-order valence-electron chi connectivity index (χ3n) is 3.32. The van der Waals surface area contributed by atoms with E-state index >= 15 is 0 Å². The maximum atomic E-state index is 3.61. The first-order chi connectivity index (χ1) is 8.45. The maximum Gasteiger partial charge on any atom is 0.0148 e. The lowest BCUT2D eigenvalue weighted by molar-refractivity contribution is 0.671. The lowest BCUT2D eigenvalue weighted by Crippen LogP contribution is -2.13. The van der Waals surface area contributed by atoms with Crippen LogP contribution < -0.4 is 5.32 Å². The summed E-state index contributed by atoms with van der Waals surface area (Å²) in [6.07, 6.45) is 23.5. The largest absolute Gasteiger partial charge is 0.362 e. The highest BCUT2D eigenvalue weighted by Gasteiger charge is 2.03. The molecule has 2 rings (SSSR count). The van der Waals surface area contributed by atoms with Gasteiger partial charge in [-0.25, -0.2) is 0 Å². The van der Waals surface area contributed by atoms with E-state index in [4.69, 9.17) is 0 Å². The summed E-state index contributed by atoms with van der Waals surface area (Å²) in [6, 6.07) is 0. The Bertz CT molecular complexity index is 311. The first-order valence-electron chi connectivity index (χ1n) is 6.93. The number of rotatable bonds is 2. The molecule has 1 nitrogen and oxygen atoms in total. The first kappa shape index (κ1) is 12.2. The molecule has 2 aliphatic rings. The Morgan fingerprint density at radius 2 is 1.24 bits per heavy atom. The minimum atomic E-state index is 1.19. The zero-order chi connectivity index (χ0) is 11.8. The van der Waals surface area contributed by atoms with Crippen LogP contribution >= 0.6 is 0 Å². The molecule has 0 spiro atoms. The molecule has 92 valence electrons. The molecule has 0 bridgehead atoms. The van der Waals surface area contributed by atoms with Gasteiger partial charge in [0.1, 0.15) is 0 Å². The average Bonchev–Trinajstić information content (AvgIpc) is 2.24. The monoisotopic (exact) mass is 229 g/mol. The molecule has 0 saturated carbocycles. The molecule has 2 aliphatic carbocycles. The van der Waals surface area contributed by atoms with Gasteiger partial charge in [-0.3, -0.25) is 0 Å². The second-order valence-corrected chi connectivity index (χ2v) is 4.86. The molecule has 0 radical (unpaired) electrons. The quantitative estimate of drug-likeness (QED) is 0.729. The van der Waals surface area contributed by atoms with Crippen molar-refractivity contribution in [3.8, 4) is 0 Å². The van der Waals surface area contributed by atoms with Gasteiger partial charge in [-0.1, -0.05) is 24.3 Å². The fraction of sp³-hybridized carbons (Fsp3) is 0.500. The molecular formula is C16H23N. The average molecular weight is 229 g/mol. The molecule has 0 aromatic rings. The second kappa shape index (κ2) is 7.16. The predicted octanol–water partition coefficient (Wildman–Crippen LogP) is 4.60. The topological polar surface area (TPSA) is 12.0 Å². The Hall–Kier alpha value is -1.24. The number of nitrogens with one attached hydrogen (secondary N) is 1. The van der Waals surface area contributed by atoms with Gasteiger partial charge < -0.3 is 5.32 Å². The number of hydrogen-bond donors (Lipinski definition) is 1. The zero-order valence-electron chi connectivity index (χ0n) is 10.6. The van der Waals surface area contributed by atoms with E-state index in [-0.39, 0.29) is 0 Å². The smallest absolute Gasteiger partial charge is 0.0148 e. The van der Waals surface area contributed by atoms with Crippen LogP contribution in [0.2, 0.25) is 0 Å². The predicted molar refractivity (Wildman–Crippen MR) is 74.5 cm³/mol. The summed E-state index contributed by atoms with van der Waals surface area (Å²) >= 11 is 0. The van der Waals surface area contributed by atoms with E-state index in [1.165, 1.54) is 62.8 Å². The Morgan fingerprint density at radius 3 is 1.76 bits per heavy atom. The van der Waals surface area contributed by atoms with Crippen LogP contribution in [0.4, 0.5) is 0 Å². The van der Waals surface area contributed by atoms with Crippen molar-refractivity contribution in [1.82, 2.24) is 5.32 Å². The summed E-state index contributed by atoms with van der Waals surface area (Å²) in [4.78, 5) is 0. The van der Waals surface area contributed by atoms with Crippen LogP contribution in [0.15, 0.2) is 47.9 Å². The van der Waals surface area contributed by atoms with Gasteiger partial charge in [-0.15, -0.1) is 0 Å². The minimum Gasteiger partial charge on any atom is -0.362 e. The fourth-order valence-corrected chi connectivity index (χ4v) is 2.30. The number of allylic oxidation sites excluding steroid dienone is 8. The van der Waals surface area contributed by atoms with Crippen molar-refractivity contribution in [3.63, 3.8) is 0 Å². The maximum absolute atomic E-state index is 3.61. The second-order valence-electron chi connectivity index (χ2n) is 4.86. The van der Waals surface area contributed by atoms with Crippen LogP contribution in [-0.4, -0.2) is 0 Å². The van der Waals surface area contributed by atoms with Gasteiger partial charge in [0.2, 0.25) is 0 Å². The van der Waals surface area contributed by atoms with E-state index < -0.39 is 0 Å². The summed E-state index contributed by atoms with van der Waals surface area (Å²) in [5.41, 5.74) is 2.75. The van der Waals surface area contributed by atoms with E-state index in [0.717, 1.165) is 0 Å². The van der Waals surface area contributed by atoms with Crippen molar-refractivity contribution in [3.05, 3.63) is 47.9 Å². The third kappa shape index (κ3) is 4.64. The fourth-order valence-electron chi connectivity index (χ4n) is 2.30. The Balaban J connectivity index is 1.97. The SMILES string of the molecule is C1=C\CCCC\C(N/C2=C/C=C\CCCC2)=C/1. The minimum absolute atomic E-state index is 1.19. The first-order valence-corrected chi connectivity index (χ1v) is 6.93. The molecule has 0 aromatic heterocycles. The van der Waals surface area contributed by atoms with Crippen LogP contribution in [0.25, 0.3) is 0 Å². The van der Waals surface area contributed by atoms with E-state index in [1.807, 2.05) is 0 Å². The molecular weight excluding hydrogens is 206 g/mol. The Kier molecular flexibility index (Phi) is 5.15. The molecule has 1 heteroatoms. The summed E-state index contributed by atoms with van der Waals surface area (Å²) < 4.78 is 0. The van der Waals surface area contributed by atoms with Gasteiger partial charge in [0.25, 0.3) is 0 Å². The Labute approximate surface area is 105 Å². The van der Waals surface area contributed by atoms with E-state index in [2.05, 4.69) is 41.8 Å². The van der Waals surface area contributed by atoms with Crippen LogP contribution in [-0.2, 0) is 0 Å². The van der Waals surface area contributed by atoms with Gasteiger partial charge in [0.05, 0.1) is 0 Å². The van der Waals surface area contributed by atoms with E-state index in [9.17, 15) is 0 Å². The van der Waals surface area contributed by atoms with Crippen molar-refractivity contribution in [2.75, 3.05) is 0 Å². The highest BCUT2D eigenvalue weighted by molar-refractivity contribution is 5.21. The Morgan fingerprint density at radius 1 is 0.706 bits per heavy atom. The summed E-state index contributed by atoms with van der Waals surface area (Å²) in [5, 5.41) is 3.61. The summed E-state index contributed by atoms with van der Waals surface area (Å²) in [7, 11) is 0. The van der Waals surface area contributed by atoms with Crippen LogP contribution in [0.5, 0.6) is 0 Å². The normalized spacial score (nSPS) is 31.5. The molecule has 0 aliphatic heterocycles. The van der Waals surface area contributed by atoms with E-state index in [1.54, 1.807) is 0 Å². The van der Waals surface area contributed by atoms with E-state index in [0.29, 0.717) is 0 Å². The summed E-state index contributed by atoms with van der Waals surface area (Å²) in [6.45, 7) is 0. The number of hydrogen-bond acceptors (Lipinski definition) is 1. The lowest BCUT2D eigenvalue weighted by Gasteiger charge is -2.15. The molecule has 1 N–H and O–H groups in total. The van der Waals surface area contributed by atoms with Crippen LogP contribution in [0.3, 0.4) is 0 Å². The van der Waals surface area contributed by atoms with Gasteiger partial charge in [0, 0.05) is 11.4 Å². The molecule has 0 fully saturated rings. The standard InChI is InChI=1S/C16H23N/c1-3-7-11-15(12-8-4-1)17-16-13-9-5-2-6-10-14-16/h3,5,7,9,11,13,17H,1-2,4,6,8,10,12,14H2/b7-3-,9-5-,15-11+,16-13+. The summed E-state index contributed by atoms with van der Waals surface area (Å²) in [5.74, 6) is 0. The molecule has 0 aromatic carbocycles. The van der Waals surface area contributed by atoms with Gasteiger partial charge >= 0.3 is 0 Å². The highest BCUT2D eigenvalue weighted by atomic mass is 14.9. The molecule has 0 atom stereocenters. The molecule has 0 amide bonds. The molecule has 17 heavy (non-hydrogen) atoms. The van der Waals surface area contributed by atoms with Gasteiger partial charge in [0.15, 0.2) is 0 Å². The van der Waals surface area contributed by atoms with Crippen LogP contribution in [0, 0.1) is 0 Å². The lowest BCUT2D eigenvalue weighted by atomic mass is 10.1. The molecule has 0 heterocycles. The third-order valence-corrected chi connectivity index (χ3v) is 3.32.